The maximum absolute atomic E-state index is 12.0. The van der Waals surface area contributed by atoms with E-state index in [1.54, 1.807) is 0 Å². The molecular formula is C18H35N3O2. The first kappa shape index (κ1) is 18.5. The highest BCUT2D eigenvalue weighted by Gasteiger charge is 2.25. The molecule has 1 amide bonds. The molecule has 2 rings (SSSR count). The summed E-state index contributed by atoms with van der Waals surface area (Å²) < 4.78 is 5.43. The van der Waals surface area contributed by atoms with Gasteiger partial charge in [-0.15, -0.1) is 0 Å². The van der Waals surface area contributed by atoms with Gasteiger partial charge in [-0.3, -0.25) is 4.90 Å². The number of amides is 1. The van der Waals surface area contributed by atoms with Crippen LogP contribution in [0.2, 0.25) is 0 Å². The van der Waals surface area contributed by atoms with Gasteiger partial charge in [0.2, 0.25) is 0 Å². The van der Waals surface area contributed by atoms with E-state index in [0.29, 0.717) is 0 Å². The molecule has 0 aromatic heterocycles. The first-order chi connectivity index (χ1) is 10.9. The summed E-state index contributed by atoms with van der Waals surface area (Å²) in [5.74, 6) is 0.896. The molecule has 2 aliphatic rings. The van der Waals surface area contributed by atoms with Gasteiger partial charge in [-0.25, -0.2) is 4.79 Å². The third-order valence-electron chi connectivity index (χ3n) is 4.79. The Morgan fingerprint density at radius 1 is 1.09 bits per heavy atom. The van der Waals surface area contributed by atoms with Crippen molar-refractivity contribution < 1.29 is 9.53 Å². The molecule has 1 heterocycles. The smallest absolute Gasteiger partial charge is 0.410 e. The van der Waals surface area contributed by atoms with Crippen LogP contribution in [0, 0.1) is 5.92 Å². The van der Waals surface area contributed by atoms with Crippen molar-refractivity contribution in [3.05, 3.63) is 0 Å². The molecule has 1 aliphatic heterocycles. The zero-order valence-corrected chi connectivity index (χ0v) is 15.3. The van der Waals surface area contributed by atoms with E-state index in [4.69, 9.17) is 4.74 Å². The van der Waals surface area contributed by atoms with Crippen molar-refractivity contribution in [3.63, 3.8) is 0 Å². The number of rotatable bonds is 5. The fraction of sp³-hybridized carbons (Fsp3) is 0.944. The van der Waals surface area contributed by atoms with E-state index < -0.39 is 5.60 Å². The zero-order valence-electron chi connectivity index (χ0n) is 15.3. The SMILES string of the molecule is CC(C)(C)OC(=O)N1CCN(CCNCC2CCCCC2)CC1. The quantitative estimate of drug-likeness (QED) is 0.790. The summed E-state index contributed by atoms with van der Waals surface area (Å²) in [6.07, 6.45) is 6.90. The molecule has 1 N–H and O–H groups in total. The summed E-state index contributed by atoms with van der Waals surface area (Å²) in [5, 5.41) is 3.62. The van der Waals surface area contributed by atoms with Crippen LogP contribution in [-0.4, -0.2) is 67.3 Å². The second kappa shape index (κ2) is 8.88. The largest absolute Gasteiger partial charge is 0.444 e. The van der Waals surface area contributed by atoms with Crippen LogP contribution in [0.5, 0.6) is 0 Å². The maximum Gasteiger partial charge on any atom is 0.410 e. The van der Waals surface area contributed by atoms with Crippen LogP contribution in [0.25, 0.3) is 0 Å². The number of hydrogen-bond donors (Lipinski definition) is 1. The Morgan fingerprint density at radius 3 is 2.35 bits per heavy atom. The van der Waals surface area contributed by atoms with E-state index in [2.05, 4.69) is 10.2 Å². The number of carbonyl (C=O) groups excluding carboxylic acids is 1. The lowest BCUT2D eigenvalue weighted by Crippen LogP contribution is -2.51. The molecule has 23 heavy (non-hydrogen) atoms. The molecule has 1 saturated heterocycles. The van der Waals surface area contributed by atoms with Gasteiger partial charge in [0.05, 0.1) is 0 Å². The molecule has 134 valence electrons. The molecule has 5 heteroatoms. The average Bonchev–Trinajstić information content (AvgIpc) is 2.51. The topological polar surface area (TPSA) is 44.8 Å². The fourth-order valence-corrected chi connectivity index (χ4v) is 3.42. The lowest BCUT2D eigenvalue weighted by Gasteiger charge is -2.35. The van der Waals surface area contributed by atoms with Gasteiger partial charge < -0.3 is 15.0 Å². The van der Waals surface area contributed by atoms with Crippen molar-refractivity contribution in [3.8, 4) is 0 Å². The second-order valence-corrected chi connectivity index (χ2v) is 8.02. The van der Waals surface area contributed by atoms with Gasteiger partial charge in [0.25, 0.3) is 0 Å². The van der Waals surface area contributed by atoms with E-state index in [9.17, 15) is 4.79 Å². The Morgan fingerprint density at radius 2 is 1.74 bits per heavy atom. The third kappa shape index (κ3) is 7.08. The van der Waals surface area contributed by atoms with Crippen molar-refractivity contribution >= 4 is 6.09 Å². The molecule has 2 fully saturated rings. The standard InChI is InChI=1S/C18H35N3O2/c1-18(2,3)23-17(22)21-13-11-20(12-14-21)10-9-19-15-16-7-5-4-6-8-16/h16,19H,4-15H2,1-3H3. The number of hydrogen-bond acceptors (Lipinski definition) is 4. The minimum Gasteiger partial charge on any atom is -0.444 e. The van der Waals surface area contributed by atoms with Crippen molar-refractivity contribution in [2.24, 2.45) is 5.92 Å². The van der Waals surface area contributed by atoms with Gasteiger partial charge in [0.1, 0.15) is 5.60 Å². The summed E-state index contributed by atoms with van der Waals surface area (Å²) in [6.45, 7) is 12.5. The minimum absolute atomic E-state index is 0.174. The lowest BCUT2D eigenvalue weighted by molar-refractivity contribution is 0.0146. The summed E-state index contributed by atoms with van der Waals surface area (Å²) >= 11 is 0. The number of piperazine rings is 1. The molecule has 1 aliphatic carbocycles. The monoisotopic (exact) mass is 325 g/mol. The average molecular weight is 325 g/mol. The zero-order chi connectivity index (χ0) is 16.7. The fourth-order valence-electron chi connectivity index (χ4n) is 3.42. The molecule has 5 nitrogen and oxygen atoms in total. The summed E-state index contributed by atoms with van der Waals surface area (Å²) in [4.78, 5) is 16.3. The van der Waals surface area contributed by atoms with E-state index in [1.165, 1.54) is 38.6 Å². The van der Waals surface area contributed by atoms with Crippen molar-refractivity contribution in [1.82, 2.24) is 15.1 Å². The minimum atomic E-state index is -0.405. The molecule has 0 aromatic carbocycles. The molecule has 0 spiro atoms. The number of nitrogens with one attached hydrogen (secondary N) is 1. The first-order valence-electron chi connectivity index (χ1n) is 9.35. The van der Waals surface area contributed by atoms with Crippen molar-refractivity contribution in [1.29, 1.82) is 0 Å². The Bertz CT molecular complexity index is 354. The van der Waals surface area contributed by atoms with Gasteiger partial charge >= 0.3 is 6.09 Å². The molecule has 0 unspecified atom stereocenters. The predicted molar refractivity (Wildman–Crippen MR) is 93.7 cm³/mol. The molecule has 0 atom stereocenters. The van der Waals surface area contributed by atoms with E-state index in [-0.39, 0.29) is 6.09 Å². The second-order valence-electron chi connectivity index (χ2n) is 8.02. The third-order valence-corrected chi connectivity index (χ3v) is 4.79. The molecule has 0 aromatic rings. The Hall–Kier alpha value is -0.810. The summed E-state index contributed by atoms with van der Waals surface area (Å²) in [5.41, 5.74) is -0.405. The van der Waals surface area contributed by atoms with E-state index in [0.717, 1.165) is 45.2 Å². The molecular weight excluding hydrogens is 290 g/mol. The van der Waals surface area contributed by atoms with E-state index >= 15 is 0 Å². The molecule has 0 radical (unpaired) electrons. The Kier molecular flexibility index (Phi) is 7.15. The van der Waals surface area contributed by atoms with Gasteiger partial charge in [-0.2, -0.15) is 0 Å². The summed E-state index contributed by atoms with van der Waals surface area (Å²) in [6, 6.07) is 0. The van der Waals surface area contributed by atoms with Gasteiger partial charge in [0.15, 0.2) is 0 Å². The first-order valence-corrected chi connectivity index (χ1v) is 9.35. The van der Waals surface area contributed by atoms with Crippen LogP contribution < -0.4 is 5.32 Å². The normalized spacial score (nSPS) is 21.4. The number of nitrogens with zero attached hydrogens (tertiary/aromatic N) is 2. The van der Waals surface area contributed by atoms with Crippen molar-refractivity contribution in [2.45, 2.75) is 58.5 Å². The van der Waals surface area contributed by atoms with Gasteiger partial charge in [-0.05, 0) is 46.1 Å². The lowest BCUT2D eigenvalue weighted by atomic mass is 9.89. The predicted octanol–water partition coefficient (Wildman–Crippen LogP) is 2.71. The van der Waals surface area contributed by atoms with Crippen LogP contribution in [0.4, 0.5) is 4.79 Å². The van der Waals surface area contributed by atoms with Crippen molar-refractivity contribution in [2.75, 3.05) is 45.8 Å². The van der Waals surface area contributed by atoms with Crippen LogP contribution >= 0.6 is 0 Å². The number of ether oxygens (including phenoxy) is 1. The van der Waals surface area contributed by atoms with Crippen LogP contribution in [0.1, 0.15) is 52.9 Å². The maximum atomic E-state index is 12.0. The van der Waals surface area contributed by atoms with Gasteiger partial charge in [0, 0.05) is 39.3 Å². The highest BCUT2D eigenvalue weighted by Crippen LogP contribution is 2.22. The Balaban J connectivity index is 1.55. The Labute approximate surface area is 141 Å². The highest BCUT2D eigenvalue weighted by molar-refractivity contribution is 5.68. The van der Waals surface area contributed by atoms with E-state index in [1.807, 2.05) is 25.7 Å². The highest BCUT2D eigenvalue weighted by atomic mass is 16.6. The van der Waals surface area contributed by atoms with Crippen LogP contribution in [0.3, 0.4) is 0 Å². The van der Waals surface area contributed by atoms with Gasteiger partial charge in [-0.1, -0.05) is 19.3 Å². The summed E-state index contributed by atoms with van der Waals surface area (Å²) in [7, 11) is 0. The van der Waals surface area contributed by atoms with Crippen LogP contribution in [0.15, 0.2) is 0 Å². The van der Waals surface area contributed by atoms with Crippen LogP contribution in [-0.2, 0) is 4.74 Å². The molecule has 1 saturated carbocycles. The number of carbonyl (C=O) groups is 1. The molecule has 0 bridgehead atoms.